The molecule has 41 heavy (non-hydrogen) atoms. The number of amides is 3. The molecule has 6 rings (SSSR count). The number of rotatable bonds is 10. The van der Waals surface area contributed by atoms with Crippen molar-refractivity contribution >= 4 is 17.7 Å². The summed E-state index contributed by atoms with van der Waals surface area (Å²) in [5, 5.41) is 16.6. The number of aliphatic hydroxyl groups is 1. The third-order valence-corrected chi connectivity index (χ3v) is 9.12. The maximum absolute atomic E-state index is 14.3. The summed E-state index contributed by atoms with van der Waals surface area (Å²) in [6, 6.07) is 17.2. The number of hydrogen-bond donors (Lipinski definition) is 3. The van der Waals surface area contributed by atoms with Crippen molar-refractivity contribution in [2.75, 3.05) is 46.0 Å². The number of hydrogen-bond acceptors (Lipinski definition) is 7. The summed E-state index contributed by atoms with van der Waals surface area (Å²) in [5.74, 6) is -2.38. The third-order valence-electron chi connectivity index (χ3n) is 9.12. The van der Waals surface area contributed by atoms with E-state index in [1.165, 1.54) is 4.90 Å². The van der Waals surface area contributed by atoms with Crippen LogP contribution < -0.4 is 10.6 Å². The van der Waals surface area contributed by atoms with Crippen molar-refractivity contribution in [2.45, 2.75) is 43.2 Å². The Morgan fingerprint density at radius 1 is 1.00 bits per heavy atom. The Balaban J connectivity index is 1.27. The molecule has 0 aliphatic carbocycles. The smallest absolute Gasteiger partial charge is 0.245 e. The molecule has 2 unspecified atom stereocenters. The Hall–Kier alpha value is -3.31. The van der Waals surface area contributed by atoms with E-state index in [2.05, 4.69) is 15.5 Å². The van der Waals surface area contributed by atoms with Crippen LogP contribution in [0.4, 0.5) is 0 Å². The van der Waals surface area contributed by atoms with Crippen LogP contribution in [0.15, 0.2) is 60.7 Å². The lowest BCUT2D eigenvalue weighted by atomic mass is 9.70. The topological polar surface area (TPSA) is 120 Å². The first-order valence-corrected chi connectivity index (χ1v) is 14.6. The molecular formula is C31H38N4O6. The van der Waals surface area contributed by atoms with Gasteiger partial charge in [0.2, 0.25) is 17.7 Å². The van der Waals surface area contributed by atoms with Gasteiger partial charge in [0, 0.05) is 32.7 Å². The lowest BCUT2D eigenvalue weighted by molar-refractivity contribution is -0.145. The van der Waals surface area contributed by atoms with Gasteiger partial charge in [0.15, 0.2) is 0 Å². The highest BCUT2D eigenvalue weighted by Crippen LogP contribution is 2.59. The number of likely N-dealkylation sites (tertiary alicyclic amines) is 1. The molecule has 6 atom stereocenters. The summed E-state index contributed by atoms with van der Waals surface area (Å²) in [4.78, 5) is 45.7. The van der Waals surface area contributed by atoms with Crippen LogP contribution in [0, 0.1) is 11.8 Å². The number of fused-ring (bicyclic) bond motifs is 1. The molecule has 2 bridgehead atoms. The van der Waals surface area contributed by atoms with Gasteiger partial charge in [0.05, 0.1) is 43.8 Å². The fourth-order valence-electron chi connectivity index (χ4n) is 7.22. The van der Waals surface area contributed by atoms with E-state index in [0.29, 0.717) is 45.7 Å². The molecule has 0 radical (unpaired) electrons. The van der Waals surface area contributed by atoms with Gasteiger partial charge in [-0.3, -0.25) is 19.3 Å². The first-order valence-electron chi connectivity index (χ1n) is 14.6. The van der Waals surface area contributed by atoms with Gasteiger partial charge in [-0.2, -0.15) is 0 Å². The maximum Gasteiger partial charge on any atom is 0.245 e. The van der Waals surface area contributed by atoms with Crippen molar-refractivity contribution in [2.24, 2.45) is 11.8 Å². The van der Waals surface area contributed by atoms with Gasteiger partial charge in [-0.25, -0.2) is 0 Å². The van der Waals surface area contributed by atoms with Crippen molar-refractivity contribution < 1.29 is 29.0 Å². The highest BCUT2D eigenvalue weighted by atomic mass is 16.5. The number of nitrogens with one attached hydrogen (secondary N) is 2. The minimum atomic E-state index is -1.12. The summed E-state index contributed by atoms with van der Waals surface area (Å²) < 4.78 is 12.0. The Labute approximate surface area is 240 Å². The summed E-state index contributed by atoms with van der Waals surface area (Å²) in [5.41, 5.74) is 0.563. The minimum absolute atomic E-state index is 0.243. The molecule has 3 amide bonds. The first kappa shape index (κ1) is 27.8. The molecule has 3 N–H and O–H groups in total. The number of ether oxygens (including phenoxy) is 2. The largest absolute Gasteiger partial charge is 0.394 e. The van der Waals surface area contributed by atoms with Gasteiger partial charge in [0.25, 0.3) is 0 Å². The summed E-state index contributed by atoms with van der Waals surface area (Å²) in [6.45, 7) is 4.02. The molecule has 0 saturated carbocycles. The van der Waals surface area contributed by atoms with Gasteiger partial charge in [-0.15, -0.1) is 0 Å². The van der Waals surface area contributed by atoms with Crippen molar-refractivity contribution in [1.29, 1.82) is 0 Å². The van der Waals surface area contributed by atoms with Crippen LogP contribution in [0.2, 0.25) is 0 Å². The molecular weight excluding hydrogens is 524 g/mol. The third kappa shape index (κ3) is 5.14. The van der Waals surface area contributed by atoms with E-state index in [-0.39, 0.29) is 24.3 Å². The van der Waals surface area contributed by atoms with Crippen molar-refractivity contribution in [1.82, 2.24) is 20.4 Å². The van der Waals surface area contributed by atoms with Gasteiger partial charge < -0.3 is 30.1 Å². The molecule has 218 valence electrons. The minimum Gasteiger partial charge on any atom is -0.394 e. The van der Waals surface area contributed by atoms with Crippen molar-refractivity contribution in [3.63, 3.8) is 0 Å². The normalized spacial score (nSPS) is 29.8. The van der Waals surface area contributed by atoms with Crippen molar-refractivity contribution in [3.8, 4) is 0 Å². The zero-order valence-corrected chi connectivity index (χ0v) is 23.1. The summed E-state index contributed by atoms with van der Waals surface area (Å²) in [7, 11) is 0. The SMILES string of the molecule is O=C(NCCN1CCOCC1)C1N([C@H](CO)c2ccccc2)C(=O)[C@@H]2[C@@H](C(=O)NCc3ccccc3)[C@H]3CCC12O3. The van der Waals surface area contributed by atoms with E-state index in [9.17, 15) is 19.5 Å². The fraction of sp³-hybridized carbons (Fsp3) is 0.516. The van der Waals surface area contributed by atoms with Gasteiger partial charge in [0.1, 0.15) is 11.6 Å². The highest BCUT2D eigenvalue weighted by molar-refractivity contribution is 5.99. The molecule has 4 saturated heterocycles. The zero-order valence-electron chi connectivity index (χ0n) is 23.1. The zero-order chi connectivity index (χ0) is 28.4. The molecule has 0 aromatic heterocycles. The highest BCUT2D eigenvalue weighted by Gasteiger charge is 2.75. The van der Waals surface area contributed by atoms with E-state index in [1.54, 1.807) is 0 Å². The predicted octanol–water partition coefficient (Wildman–Crippen LogP) is 0.859. The number of carbonyl (C=O) groups excluding carboxylic acids is 3. The van der Waals surface area contributed by atoms with Gasteiger partial charge in [-0.05, 0) is 24.0 Å². The maximum atomic E-state index is 14.3. The van der Waals surface area contributed by atoms with Crippen molar-refractivity contribution in [3.05, 3.63) is 71.8 Å². The number of carbonyl (C=O) groups is 3. The second-order valence-corrected chi connectivity index (χ2v) is 11.4. The van der Waals surface area contributed by atoms with E-state index in [0.717, 1.165) is 24.2 Å². The van der Waals surface area contributed by atoms with E-state index in [4.69, 9.17) is 9.47 Å². The Bertz CT molecular complexity index is 1240. The molecule has 2 aromatic carbocycles. The van der Waals surface area contributed by atoms with Crippen LogP contribution in [0.1, 0.15) is 30.0 Å². The quantitative estimate of drug-likeness (QED) is 0.393. The average molecular weight is 563 g/mol. The predicted molar refractivity (Wildman–Crippen MR) is 149 cm³/mol. The number of morpholine rings is 1. The molecule has 4 aliphatic heterocycles. The molecule has 1 spiro atoms. The average Bonchev–Trinajstić information content (AvgIpc) is 3.66. The van der Waals surface area contributed by atoms with Crippen LogP contribution in [0.5, 0.6) is 0 Å². The second-order valence-electron chi connectivity index (χ2n) is 11.4. The van der Waals surface area contributed by atoms with E-state index >= 15 is 0 Å². The fourth-order valence-corrected chi connectivity index (χ4v) is 7.22. The van der Waals surface area contributed by atoms with Crippen LogP contribution >= 0.6 is 0 Å². The molecule has 4 fully saturated rings. The summed E-state index contributed by atoms with van der Waals surface area (Å²) in [6.07, 6.45) is 0.657. The second kappa shape index (κ2) is 11.9. The van der Waals surface area contributed by atoms with Crippen LogP contribution in [0.25, 0.3) is 0 Å². The lowest BCUT2D eigenvalue weighted by Gasteiger charge is -2.37. The molecule has 4 aliphatic rings. The standard InChI is InChI=1S/C31H38N4O6/c36-20-23(22-9-5-2-6-10-22)35-27(29(38)32-13-14-34-15-17-40-18-16-34)31-12-11-24(41-31)25(26(31)30(35)39)28(37)33-19-21-7-3-1-4-8-21/h1-10,23-27,36H,11-20H2,(H,32,38)(H,33,37)/t23-,24-,25+,26+,27?,31?/m1/s1. The number of nitrogens with zero attached hydrogens (tertiary/aromatic N) is 2. The molecule has 4 heterocycles. The van der Waals surface area contributed by atoms with Gasteiger partial charge in [-0.1, -0.05) is 60.7 Å². The van der Waals surface area contributed by atoms with Crippen LogP contribution in [-0.4, -0.2) is 96.4 Å². The first-order chi connectivity index (χ1) is 20.0. The van der Waals surface area contributed by atoms with E-state index in [1.807, 2.05) is 60.7 Å². The molecule has 10 nitrogen and oxygen atoms in total. The van der Waals surface area contributed by atoms with Gasteiger partial charge >= 0.3 is 0 Å². The molecule has 2 aromatic rings. The number of aliphatic hydroxyl groups excluding tert-OH is 1. The molecule has 10 heteroatoms. The Morgan fingerprint density at radius 3 is 2.41 bits per heavy atom. The lowest BCUT2D eigenvalue weighted by Crippen LogP contribution is -2.57. The number of benzene rings is 2. The Morgan fingerprint density at radius 2 is 1.71 bits per heavy atom. The van der Waals surface area contributed by atoms with E-state index < -0.39 is 35.6 Å². The monoisotopic (exact) mass is 562 g/mol. The van der Waals surface area contributed by atoms with Crippen LogP contribution in [0.3, 0.4) is 0 Å². The van der Waals surface area contributed by atoms with Crippen LogP contribution in [-0.2, 0) is 30.4 Å². The Kier molecular flexibility index (Phi) is 8.07. The summed E-state index contributed by atoms with van der Waals surface area (Å²) >= 11 is 0.